The molecule has 2 rings (SSSR count). The second-order valence-corrected chi connectivity index (χ2v) is 4.92. The van der Waals surface area contributed by atoms with Crippen LogP contribution in [-0.4, -0.2) is 30.0 Å². The van der Waals surface area contributed by atoms with Crippen LogP contribution in [0.15, 0.2) is 24.4 Å². The van der Waals surface area contributed by atoms with Crippen molar-refractivity contribution in [2.24, 2.45) is 17.6 Å². The fourth-order valence-electron chi connectivity index (χ4n) is 2.25. The number of nitrogens with zero attached hydrogens (tertiary/aromatic N) is 2. The van der Waals surface area contributed by atoms with Gasteiger partial charge in [0.25, 0.3) is 0 Å². The molecule has 1 aromatic heterocycles. The lowest BCUT2D eigenvalue weighted by Crippen LogP contribution is -2.32. The number of aromatic nitrogens is 1. The highest BCUT2D eigenvalue weighted by molar-refractivity contribution is 5.09. The first-order chi connectivity index (χ1) is 7.72. The average molecular weight is 219 g/mol. The van der Waals surface area contributed by atoms with E-state index in [0.717, 1.165) is 24.1 Å². The fourth-order valence-corrected chi connectivity index (χ4v) is 2.25. The standard InChI is InChI=1S/C13H21N3/c1-10-7-11(10)9-16(2)13(8-14)12-5-3-4-6-15-12/h3-6,10-11,13H,7-9,14H2,1-2H3. The zero-order valence-corrected chi connectivity index (χ0v) is 10.1. The molecule has 2 N–H and O–H groups in total. The molecule has 3 nitrogen and oxygen atoms in total. The van der Waals surface area contributed by atoms with Gasteiger partial charge in [-0.05, 0) is 37.4 Å². The minimum Gasteiger partial charge on any atom is -0.329 e. The molecule has 88 valence electrons. The molecule has 1 fully saturated rings. The van der Waals surface area contributed by atoms with E-state index in [2.05, 4.69) is 29.9 Å². The molecule has 3 atom stereocenters. The summed E-state index contributed by atoms with van der Waals surface area (Å²) in [5.41, 5.74) is 6.94. The van der Waals surface area contributed by atoms with Gasteiger partial charge in [-0.15, -0.1) is 0 Å². The van der Waals surface area contributed by atoms with Gasteiger partial charge in [0.2, 0.25) is 0 Å². The monoisotopic (exact) mass is 219 g/mol. The lowest BCUT2D eigenvalue weighted by atomic mass is 10.1. The van der Waals surface area contributed by atoms with Crippen LogP contribution in [0.5, 0.6) is 0 Å². The van der Waals surface area contributed by atoms with Gasteiger partial charge in [-0.25, -0.2) is 0 Å². The van der Waals surface area contributed by atoms with E-state index in [1.807, 2.05) is 18.3 Å². The molecule has 1 aliphatic rings. The minimum atomic E-state index is 0.258. The molecule has 0 aromatic carbocycles. The van der Waals surface area contributed by atoms with Crippen LogP contribution in [-0.2, 0) is 0 Å². The summed E-state index contributed by atoms with van der Waals surface area (Å²) in [6.45, 7) is 4.09. The second-order valence-electron chi connectivity index (χ2n) is 4.92. The van der Waals surface area contributed by atoms with Crippen LogP contribution >= 0.6 is 0 Å². The van der Waals surface area contributed by atoms with Gasteiger partial charge in [0.05, 0.1) is 11.7 Å². The van der Waals surface area contributed by atoms with Gasteiger partial charge in [-0.3, -0.25) is 9.88 Å². The number of likely N-dealkylation sites (N-methyl/N-ethyl adjacent to an activating group) is 1. The molecule has 1 aliphatic carbocycles. The van der Waals surface area contributed by atoms with Gasteiger partial charge in [0.1, 0.15) is 0 Å². The Morgan fingerprint density at radius 1 is 1.56 bits per heavy atom. The summed E-state index contributed by atoms with van der Waals surface area (Å²) >= 11 is 0. The molecular weight excluding hydrogens is 198 g/mol. The molecule has 0 spiro atoms. The molecule has 0 bridgehead atoms. The van der Waals surface area contributed by atoms with Crippen LogP contribution in [0.1, 0.15) is 25.1 Å². The average Bonchev–Trinajstić information content (AvgIpc) is 2.96. The summed E-state index contributed by atoms with van der Waals surface area (Å²) in [7, 11) is 2.15. The Balaban J connectivity index is 1.98. The summed E-state index contributed by atoms with van der Waals surface area (Å²) in [4.78, 5) is 6.74. The lowest BCUT2D eigenvalue weighted by molar-refractivity contribution is 0.233. The van der Waals surface area contributed by atoms with Crippen LogP contribution in [0.4, 0.5) is 0 Å². The van der Waals surface area contributed by atoms with Gasteiger partial charge in [0, 0.05) is 19.3 Å². The van der Waals surface area contributed by atoms with E-state index in [1.54, 1.807) is 0 Å². The van der Waals surface area contributed by atoms with Gasteiger partial charge in [-0.1, -0.05) is 13.0 Å². The molecule has 1 aromatic rings. The first-order valence-electron chi connectivity index (χ1n) is 6.03. The number of nitrogens with two attached hydrogens (primary N) is 1. The highest BCUT2D eigenvalue weighted by Crippen LogP contribution is 2.39. The summed E-state index contributed by atoms with van der Waals surface area (Å²) in [6.07, 6.45) is 3.20. The van der Waals surface area contributed by atoms with Crippen LogP contribution in [0.25, 0.3) is 0 Å². The molecular formula is C13H21N3. The van der Waals surface area contributed by atoms with E-state index in [9.17, 15) is 0 Å². The topological polar surface area (TPSA) is 42.1 Å². The Kier molecular flexibility index (Phi) is 3.56. The van der Waals surface area contributed by atoms with Gasteiger partial charge >= 0.3 is 0 Å². The first kappa shape index (κ1) is 11.6. The van der Waals surface area contributed by atoms with Crippen molar-refractivity contribution in [1.29, 1.82) is 0 Å². The smallest absolute Gasteiger partial charge is 0.0642 e. The Morgan fingerprint density at radius 2 is 2.31 bits per heavy atom. The number of hydrogen-bond donors (Lipinski definition) is 1. The Morgan fingerprint density at radius 3 is 2.81 bits per heavy atom. The minimum absolute atomic E-state index is 0.258. The maximum atomic E-state index is 5.85. The second kappa shape index (κ2) is 4.93. The van der Waals surface area contributed by atoms with Crippen LogP contribution in [0.2, 0.25) is 0 Å². The highest BCUT2D eigenvalue weighted by Gasteiger charge is 2.34. The molecule has 0 aliphatic heterocycles. The Hall–Kier alpha value is -0.930. The molecule has 3 heteroatoms. The third-order valence-corrected chi connectivity index (χ3v) is 3.58. The largest absolute Gasteiger partial charge is 0.329 e. The zero-order chi connectivity index (χ0) is 11.5. The van der Waals surface area contributed by atoms with Crippen molar-refractivity contribution in [1.82, 2.24) is 9.88 Å². The fraction of sp³-hybridized carbons (Fsp3) is 0.615. The maximum Gasteiger partial charge on any atom is 0.0642 e. The normalized spacial score (nSPS) is 25.8. The highest BCUT2D eigenvalue weighted by atomic mass is 15.2. The van der Waals surface area contributed by atoms with E-state index in [1.165, 1.54) is 6.42 Å². The van der Waals surface area contributed by atoms with Crippen molar-refractivity contribution in [2.75, 3.05) is 20.1 Å². The molecule has 3 unspecified atom stereocenters. The third kappa shape index (κ3) is 2.60. The van der Waals surface area contributed by atoms with E-state index in [0.29, 0.717) is 6.54 Å². The third-order valence-electron chi connectivity index (χ3n) is 3.58. The number of pyridine rings is 1. The predicted molar refractivity (Wildman–Crippen MR) is 65.9 cm³/mol. The molecule has 1 saturated carbocycles. The van der Waals surface area contributed by atoms with Crippen LogP contribution in [0, 0.1) is 11.8 Å². The zero-order valence-electron chi connectivity index (χ0n) is 10.1. The van der Waals surface area contributed by atoms with Gasteiger partial charge in [0.15, 0.2) is 0 Å². The summed E-state index contributed by atoms with van der Waals surface area (Å²) in [5, 5.41) is 0. The quantitative estimate of drug-likeness (QED) is 0.819. The SMILES string of the molecule is CC1CC1CN(C)C(CN)c1ccccn1. The van der Waals surface area contributed by atoms with E-state index >= 15 is 0 Å². The van der Waals surface area contributed by atoms with E-state index < -0.39 is 0 Å². The Labute approximate surface area is 97.7 Å². The van der Waals surface area contributed by atoms with Crippen molar-refractivity contribution in [2.45, 2.75) is 19.4 Å². The van der Waals surface area contributed by atoms with Crippen LogP contribution < -0.4 is 5.73 Å². The first-order valence-corrected chi connectivity index (χ1v) is 6.03. The van der Waals surface area contributed by atoms with Gasteiger partial charge in [-0.2, -0.15) is 0 Å². The summed E-state index contributed by atoms with van der Waals surface area (Å²) in [6, 6.07) is 6.29. The molecule has 0 amide bonds. The van der Waals surface area contributed by atoms with Crippen molar-refractivity contribution in [3.63, 3.8) is 0 Å². The molecule has 0 radical (unpaired) electrons. The van der Waals surface area contributed by atoms with Crippen LogP contribution in [0.3, 0.4) is 0 Å². The molecule has 0 saturated heterocycles. The summed E-state index contributed by atoms with van der Waals surface area (Å²) < 4.78 is 0. The molecule has 16 heavy (non-hydrogen) atoms. The number of hydrogen-bond acceptors (Lipinski definition) is 3. The van der Waals surface area contributed by atoms with Crippen molar-refractivity contribution < 1.29 is 0 Å². The van der Waals surface area contributed by atoms with Gasteiger partial charge < -0.3 is 5.73 Å². The maximum absolute atomic E-state index is 5.85. The predicted octanol–water partition coefficient (Wildman–Crippen LogP) is 1.67. The van der Waals surface area contributed by atoms with Crippen molar-refractivity contribution in [3.8, 4) is 0 Å². The lowest BCUT2D eigenvalue weighted by Gasteiger charge is -2.26. The Bertz CT molecular complexity index is 325. The van der Waals surface area contributed by atoms with E-state index in [4.69, 9.17) is 5.73 Å². The van der Waals surface area contributed by atoms with Crippen molar-refractivity contribution in [3.05, 3.63) is 30.1 Å². The molecule has 1 heterocycles. The summed E-state index contributed by atoms with van der Waals surface area (Å²) in [5.74, 6) is 1.76. The number of rotatable bonds is 5. The van der Waals surface area contributed by atoms with Crippen molar-refractivity contribution >= 4 is 0 Å². The van der Waals surface area contributed by atoms with E-state index in [-0.39, 0.29) is 6.04 Å².